The van der Waals surface area contributed by atoms with Crippen LogP contribution in [0.25, 0.3) is 0 Å². The lowest BCUT2D eigenvalue weighted by Crippen LogP contribution is -2.23. The van der Waals surface area contributed by atoms with E-state index in [9.17, 15) is 13.2 Å². The van der Waals surface area contributed by atoms with Crippen molar-refractivity contribution in [1.82, 2.24) is 0 Å². The summed E-state index contributed by atoms with van der Waals surface area (Å²) in [5, 5.41) is 2.92. The molecule has 0 saturated carbocycles. The summed E-state index contributed by atoms with van der Waals surface area (Å²) in [5.41, 5.74) is 1.47. The fourth-order valence-corrected chi connectivity index (χ4v) is 2.24. The molecule has 2 N–H and O–H groups in total. The Morgan fingerprint density at radius 2 is 2.19 bits per heavy atom. The fraction of sp³-hybridized carbons (Fsp3) is 0.300. The highest BCUT2D eigenvalue weighted by Crippen LogP contribution is 2.28. The van der Waals surface area contributed by atoms with Crippen molar-refractivity contribution < 1.29 is 17.8 Å². The normalized spacial score (nSPS) is 19.0. The van der Waals surface area contributed by atoms with Crippen LogP contribution in [-0.4, -0.2) is 24.8 Å². The molecule has 2 rings (SSSR count). The highest BCUT2D eigenvalue weighted by Gasteiger charge is 2.25. The molecule has 5 nitrogen and oxygen atoms in total. The minimum Gasteiger partial charge on any atom is -0.375 e. The monoisotopic (exact) mass is 241 g/mol. The molecule has 1 atom stereocenters. The van der Waals surface area contributed by atoms with Crippen LogP contribution in [-0.2, 0) is 21.3 Å². The van der Waals surface area contributed by atoms with Gasteiger partial charge in [-0.25, -0.2) is 0 Å². The van der Waals surface area contributed by atoms with Gasteiger partial charge in [0.15, 0.2) is 5.78 Å². The van der Waals surface area contributed by atoms with Crippen LogP contribution in [0.5, 0.6) is 0 Å². The molecular weight excluding hydrogens is 230 g/mol. The first-order valence-electron chi connectivity index (χ1n) is 4.75. The van der Waals surface area contributed by atoms with Crippen molar-refractivity contribution in [2.45, 2.75) is 24.3 Å². The minimum absolute atomic E-state index is 0.00426. The number of benzene rings is 1. The van der Waals surface area contributed by atoms with Gasteiger partial charge in [-0.3, -0.25) is 9.35 Å². The molecule has 0 saturated heterocycles. The predicted molar refractivity (Wildman–Crippen MR) is 58.1 cm³/mol. The first-order chi connectivity index (χ1) is 7.38. The Labute approximate surface area is 93.2 Å². The Balaban J connectivity index is 2.39. The Morgan fingerprint density at radius 1 is 1.50 bits per heavy atom. The lowest BCUT2D eigenvalue weighted by molar-refractivity contribution is -0.117. The molecule has 86 valence electrons. The fourth-order valence-electron chi connectivity index (χ4n) is 1.73. The summed E-state index contributed by atoms with van der Waals surface area (Å²) >= 11 is 0. The number of rotatable bonds is 2. The average Bonchev–Trinajstić information content (AvgIpc) is 2.58. The maximum atomic E-state index is 11.2. The number of hydrogen-bond acceptors (Lipinski definition) is 4. The van der Waals surface area contributed by atoms with Crippen molar-refractivity contribution in [3.8, 4) is 0 Å². The van der Waals surface area contributed by atoms with Crippen LogP contribution in [0.15, 0.2) is 23.1 Å². The van der Waals surface area contributed by atoms with E-state index in [2.05, 4.69) is 5.32 Å². The Kier molecular flexibility index (Phi) is 2.47. The van der Waals surface area contributed by atoms with Gasteiger partial charge in [-0.15, -0.1) is 0 Å². The molecule has 1 unspecified atom stereocenters. The van der Waals surface area contributed by atoms with E-state index in [4.69, 9.17) is 4.55 Å². The second-order valence-electron chi connectivity index (χ2n) is 3.81. The summed E-state index contributed by atoms with van der Waals surface area (Å²) in [6.45, 7) is 1.48. The van der Waals surface area contributed by atoms with Crippen molar-refractivity contribution in [1.29, 1.82) is 0 Å². The van der Waals surface area contributed by atoms with E-state index in [1.165, 1.54) is 19.1 Å². The lowest BCUT2D eigenvalue weighted by Gasteiger charge is -2.05. The van der Waals surface area contributed by atoms with Gasteiger partial charge in [-0.2, -0.15) is 8.42 Å². The lowest BCUT2D eigenvalue weighted by atomic mass is 10.1. The Morgan fingerprint density at radius 3 is 2.75 bits per heavy atom. The molecule has 1 aromatic carbocycles. The smallest absolute Gasteiger partial charge is 0.294 e. The number of nitrogens with one attached hydrogen (secondary N) is 1. The molecule has 0 radical (unpaired) electrons. The third-order valence-electron chi connectivity index (χ3n) is 2.62. The molecule has 0 spiro atoms. The second kappa shape index (κ2) is 3.57. The van der Waals surface area contributed by atoms with Crippen LogP contribution in [0.4, 0.5) is 5.69 Å². The molecule has 1 heterocycles. The van der Waals surface area contributed by atoms with Gasteiger partial charge in [-0.1, -0.05) is 6.07 Å². The van der Waals surface area contributed by atoms with Gasteiger partial charge in [-0.05, 0) is 24.6 Å². The third-order valence-corrected chi connectivity index (χ3v) is 3.47. The van der Waals surface area contributed by atoms with Crippen LogP contribution in [0.3, 0.4) is 0 Å². The SMILES string of the molecule is CC(=O)C1Cc2ccc(S(=O)(=O)O)cc2N1. The van der Waals surface area contributed by atoms with Crippen LogP contribution >= 0.6 is 0 Å². The van der Waals surface area contributed by atoms with E-state index in [1.807, 2.05) is 0 Å². The summed E-state index contributed by atoms with van der Waals surface area (Å²) in [6.07, 6.45) is 0.552. The highest BCUT2D eigenvalue weighted by molar-refractivity contribution is 7.85. The van der Waals surface area contributed by atoms with E-state index in [1.54, 1.807) is 6.07 Å². The molecule has 0 aliphatic carbocycles. The average molecular weight is 241 g/mol. The molecule has 0 bridgehead atoms. The van der Waals surface area contributed by atoms with Crippen LogP contribution in [0.2, 0.25) is 0 Å². The maximum Gasteiger partial charge on any atom is 0.294 e. The van der Waals surface area contributed by atoms with Crippen LogP contribution in [0, 0.1) is 0 Å². The zero-order chi connectivity index (χ0) is 11.9. The number of fused-ring (bicyclic) bond motifs is 1. The predicted octanol–water partition coefficient (Wildman–Crippen LogP) is 0.859. The summed E-state index contributed by atoms with van der Waals surface area (Å²) in [5.74, 6) is 0.00426. The molecule has 6 heteroatoms. The van der Waals surface area contributed by atoms with Gasteiger partial charge < -0.3 is 5.32 Å². The van der Waals surface area contributed by atoms with Crippen LogP contribution < -0.4 is 5.32 Å². The van der Waals surface area contributed by atoms with Crippen LogP contribution in [0.1, 0.15) is 12.5 Å². The molecule has 0 amide bonds. The van der Waals surface area contributed by atoms with Crippen molar-refractivity contribution in [3.63, 3.8) is 0 Å². The second-order valence-corrected chi connectivity index (χ2v) is 5.23. The van der Waals surface area contributed by atoms with Gasteiger partial charge in [0.1, 0.15) is 0 Å². The first-order valence-corrected chi connectivity index (χ1v) is 6.19. The van der Waals surface area contributed by atoms with Crippen molar-refractivity contribution in [2.24, 2.45) is 0 Å². The Bertz CT molecular complexity index is 550. The number of Topliss-reactive ketones (excluding diaryl/α,β-unsaturated/α-hetero) is 1. The first kappa shape index (κ1) is 11.1. The van der Waals surface area contributed by atoms with Gasteiger partial charge in [0.05, 0.1) is 10.9 Å². The van der Waals surface area contributed by atoms with Crippen molar-refractivity contribution in [2.75, 3.05) is 5.32 Å². The van der Waals surface area contributed by atoms with Gasteiger partial charge in [0.2, 0.25) is 0 Å². The van der Waals surface area contributed by atoms with Gasteiger partial charge in [0.25, 0.3) is 10.1 Å². The minimum atomic E-state index is -4.19. The zero-order valence-corrected chi connectivity index (χ0v) is 9.41. The van der Waals surface area contributed by atoms with Gasteiger partial charge >= 0.3 is 0 Å². The molecule has 0 fully saturated rings. The number of hydrogen-bond donors (Lipinski definition) is 2. The molecule has 1 aliphatic rings. The quantitative estimate of drug-likeness (QED) is 0.750. The molecule has 0 aromatic heterocycles. The number of ketones is 1. The number of carbonyl (C=O) groups is 1. The Hall–Kier alpha value is -1.40. The molecular formula is C10H11NO4S. The van der Waals surface area contributed by atoms with Crippen molar-refractivity contribution in [3.05, 3.63) is 23.8 Å². The highest BCUT2D eigenvalue weighted by atomic mass is 32.2. The van der Waals surface area contributed by atoms with Crippen molar-refractivity contribution >= 4 is 21.6 Å². The third kappa shape index (κ3) is 1.94. The molecule has 1 aliphatic heterocycles. The van der Waals surface area contributed by atoms with E-state index in [0.29, 0.717) is 12.1 Å². The summed E-state index contributed by atoms with van der Waals surface area (Å²) < 4.78 is 30.7. The van der Waals surface area contributed by atoms with Gasteiger partial charge in [0, 0.05) is 12.1 Å². The zero-order valence-electron chi connectivity index (χ0n) is 8.60. The van der Waals surface area contributed by atoms with E-state index < -0.39 is 10.1 Å². The molecule has 16 heavy (non-hydrogen) atoms. The van der Waals surface area contributed by atoms with E-state index >= 15 is 0 Å². The number of carbonyl (C=O) groups excluding carboxylic acids is 1. The standard InChI is InChI=1S/C10H11NO4S/c1-6(12)9-4-7-2-3-8(16(13,14)15)5-10(7)11-9/h2-3,5,9,11H,4H2,1H3,(H,13,14,15). The van der Waals surface area contributed by atoms with E-state index in [0.717, 1.165) is 5.56 Å². The maximum absolute atomic E-state index is 11.2. The summed E-state index contributed by atoms with van der Waals surface area (Å²) in [7, 11) is -4.19. The summed E-state index contributed by atoms with van der Waals surface area (Å²) in [6, 6.07) is 3.98. The molecule has 1 aromatic rings. The van der Waals surface area contributed by atoms with E-state index in [-0.39, 0.29) is 16.7 Å². The number of anilines is 1. The largest absolute Gasteiger partial charge is 0.375 e. The topological polar surface area (TPSA) is 83.5 Å². The summed E-state index contributed by atoms with van der Waals surface area (Å²) in [4.78, 5) is 11.0.